The molecule has 0 aliphatic heterocycles. The molecule has 30 heavy (non-hydrogen) atoms. The molecule has 0 aliphatic carbocycles. The average molecular weight is 424 g/mol. The molecule has 0 unspecified atom stereocenters. The first-order chi connectivity index (χ1) is 14.6. The lowest BCUT2D eigenvalue weighted by atomic mass is 10.0. The Morgan fingerprint density at radius 1 is 0.900 bits per heavy atom. The molecule has 0 aliphatic rings. The van der Waals surface area contributed by atoms with Gasteiger partial charge in [0, 0.05) is 4.90 Å². The number of unbranched alkanes of at least 4 members (excludes halogenated alkanes) is 7. The highest BCUT2D eigenvalue weighted by molar-refractivity contribution is 7.99. The van der Waals surface area contributed by atoms with Gasteiger partial charge < -0.3 is 4.74 Å². The minimum atomic E-state index is -0.743. The summed E-state index contributed by atoms with van der Waals surface area (Å²) in [6.07, 6.45) is 10.1. The van der Waals surface area contributed by atoms with Crippen molar-refractivity contribution in [2.75, 3.05) is 5.75 Å². The van der Waals surface area contributed by atoms with Crippen LogP contribution in [0.1, 0.15) is 75.6 Å². The molecule has 0 saturated heterocycles. The first-order valence-electron chi connectivity index (χ1n) is 11.1. The van der Waals surface area contributed by atoms with E-state index in [0.717, 1.165) is 11.1 Å². The number of carbonyl (C=O) groups is 1. The number of ether oxygens (including phenoxy) is 1. The van der Waals surface area contributed by atoms with Gasteiger partial charge in [-0.05, 0) is 54.5 Å². The van der Waals surface area contributed by atoms with E-state index in [4.69, 9.17) is 10.00 Å². The fraction of sp³-hybridized carbons (Fsp3) is 0.462. The molecule has 0 aromatic heterocycles. The van der Waals surface area contributed by atoms with Crippen molar-refractivity contribution in [3.8, 4) is 17.2 Å². The van der Waals surface area contributed by atoms with E-state index in [9.17, 15) is 4.79 Å². The van der Waals surface area contributed by atoms with Gasteiger partial charge in [0.2, 0.25) is 0 Å². The maximum Gasteiger partial charge on any atom is 0.339 e. The average Bonchev–Trinajstić information content (AvgIpc) is 2.78. The lowest BCUT2D eigenvalue weighted by molar-refractivity contribution is 0.0435. The zero-order valence-electron chi connectivity index (χ0n) is 18.2. The Labute approximate surface area is 185 Å². The second-order valence-electron chi connectivity index (χ2n) is 7.60. The second-order valence-corrected chi connectivity index (χ2v) is 8.77. The normalized spacial score (nSPS) is 11.6. The van der Waals surface area contributed by atoms with Crippen LogP contribution in [0.4, 0.5) is 0 Å². The molecule has 0 N–H and O–H groups in total. The van der Waals surface area contributed by atoms with Gasteiger partial charge >= 0.3 is 5.97 Å². The molecule has 0 radical (unpaired) electrons. The maximum atomic E-state index is 12.0. The van der Waals surface area contributed by atoms with Crippen LogP contribution in [0.25, 0.3) is 11.1 Å². The number of hydrogen-bond acceptors (Lipinski definition) is 4. The predicted octanol–water partition coefficient (Wildman–Crippen LogP) is 7.66. The summed E-state index contributed by atoms with van der Waals surface area (Å²) in [5.74, 6) is 0.704. The van der Waals surface area contributed by atoms with Crippen LogP contribution in [0.2, 0.25) is 0 Å². The third kappa shape index (κ3) is 8.63. The van der Waals surface area contributed by atoms with E-state index in [1.54, 1.807) is 19.1 Å². The predicted molar refractivity (Wildman–Crippen MR) is 126 cm³/mol. The third-order valence-corrected chi connectivity index (χ3v) is 6.14. The van der Waals surface area contributed by atoms with Crippen molar-refractivity contribution in [1.82, 2.24) is 0 Å². The van der Waals surface area contributed by atoms with Crippen molar-refractivity contribution in [2.45, 2.75) is 76.2 Å². The number of nitrogens with zero attached hydrogens (tertiary/aromatic N) is 1. The van der Waals surface area contributed by atoms with Crippen LogP contribution in [0.5, 0.6) is 0 Å². The lowest BCUT2D eigenvalue weighted by Gasteiger charge is -2.08. The van der Waals surface area contributed by atoms with Crippen molar-refractivity contribution in [2.24, 2.45) is 0 Å². The summed E-state index contributed by atoms with van der Waals surface area (Å²) in [6, 6.07) is 17.8. The maximum absolute atomic E-state index is 12.0. The Bertz CT molecular complexity index is 793. The van der Waals surface area contributed by atoms with E-state index in [-0.39, 0.29) is 0 Å². The highest BCUT2D eigenvalue weighted by Crippen LogP contribution is 2.25. The van der Waals surface area contributed by atoms with Gasteiger partial charge in [0.15, 0.2) is 6.10 Å². The zero-order chi connectivity index (χ0) is 21.6. The van der Waals surface area contributed by atoms with Gasteiger partial charge in [-0.15, -0.1) is 11.8 Å². The van der Waals surface area contributed by atoms with Crippen LogP contribution < -0.4 is 0 Å². The molecule has 1 atom stereocenters. The van der Waals surface area contributed by atoms with E-state index < -0.39 is 12.1 Å². The lowest BCUT2D eigenvalue weighted by Crippen LogP contribution is -2.12. The van der Waals surface area contributed by atoms with Crippen LogP contribution >= 0.6 is 11.8 Å². The fourth-order valence-electron chi connectivity index (χ4n) is 3.22. The number of esters is 1. The van der Waals surface area contributed by atoms with E-state index in [2.05, 4.69) is 31.2 Å². The minimum Gasteiger partial charge on any atom is -0.444 e. The second kappa shape index (κ2) is 13.9. The van der Waals surface area contributed by atoms with Gasteiger partial charge in [-0.2, -0.15) is 5.26 Å². The summed E-state index contributed by atoms with van der Waals surface area (Å²) < 4.78 is 5.03. The number of nitriles is 1. The first kappa shape index (κ1) is 24.0. The largest absolute Gasteiger partial charge is 0.444 e. The van der Waals surface area contributed by atoms with Crippen molar-refractivity contribution in [3.63, 3.8) is 0 Å². The van der Waals surface area contributed by atoms with Gasteiger partial charge in [0.1, 0.15) is 6.07 Å². The summed E-state index contributed by atoms with van der Waals surface area (Å²) in [5.41, 5.74) is 2.63. The summed E-state index contributed by atoms with van der Waals surface area (Å²) in [7, 11) is 0. The molecule has 2 aromatic rings. The Morgan fingerprint density at radius 3 is 2.00 bits per heavy atom. The van der Waals surface area contributed by atoms with E-state index in [0.29, 0.717) is 5.56 Å². The molecule has 4 heteroatoms. The molecule has 2 aromatic carbocycles. The van der Waals surface area contributed by atoms with Gasteiger partial charge in [0.05, 0.1) is 5.56 Å². The standard InChI is InChI=1S/C26H33NO2S/c1-3-4-5-6-7-8-9-10-19-30-25-17-15-23(16-18-25)22-11-13-24(14-12-22)26(28)29-21(2)20-27/h11-18,21H,3-10,19H2,1-2H3/t21-/m1/s1. The molecule has 3 nitrogen and oxygen atoms in total. The van der Waals surface area contributed by atoms with Crippen LogP contribution in [0.3, 0.4) is 0 Å². The van der Waals surface area contributed by atoms with Crippen LogP contribution in [0.15, 0.2) is 53.4 Å². The number of hydrogen-bond donors (Lipinski definition) is 0. The number of rotatable bonds is 13. The number of benzene rings is 2. The molecule has 0 amide bonds. The highest BCUT2D eigenvalue weighted by atomic mass is 32.2. The summed E-state index contributed by atoms with van der Waals surface area (Å²) >= 11 is 1.92. The topological polar surface area (TPSA) is 50.1 Å². The van der Waals surface area contributed by atoms with Crippen molar-refractivity contribution in [3.05, 3.63) is 54.1 Å². The first-order valence-corrected chi connectivity index (χ1v) is 12.1. The van der Waals surface area contributed by atoms with Gasteiger partial charge in [-0.25, -0.2) is 4.79 Å². The van der Waals surface area contributed by atoms with E-state index in [1.165, 1.54) is 62.0 Å². The summed E-state index contributed by atoms with van der Waals surface area (Å²) in [6.45, 7) is 3.82. The molecule has 0 saturated carbocycles. The van der Waals surface area contributed by atoms with Crippen LogP contribution in [-0.4, -0.2) is 17.8 Å². The van der Waals surface area contributed by atoms with Crippen molar-refractivity contribution < 1.29 is 9.53 Å². The molecule has 0 bridgehead atoms. The molecule has 0 spiro atoms. The summed E-state index contributed by atoms with van der Waals surface area (Å²) in [4.78, 5) is 13.3. The molecule has 0 heterocycles. The van der Waals surface area contributed by atoms with Crippen LogP contribution in [0, 0.1) is 11.3 Å². The highest BCUT2D eigenvalue weighted by Gasteiger charge is 2.11. The summed E-state index contributed by atoms with van der Waals surface area (Å²) in [5, 5.41) is 8.75. The molecular weight excluding hydrogens is 390 g/mol. The Morgan fingerprint density at radius 2 is 1.43 bits per heavy atom. The van der Waals surface area contributed by atoms with Gasteiger partial charge in [-0.3, -0.25) is 0 Å². The van der Waals surface area contributed by atoms with E-state index >= 15 is 0 Å². The Balaban J connectivity index is 1.73. The molecular formula is C26H33NO2S. The SMILES string of the molecule is CCCCCCCCCCSc1ccc(-c2ccc(C(=O)O[C@H](C)C#N)cc2)cc1. The van der Waals surface area contributed by atoms with Crippen molar-refractivity contribution in [1.29, 1.82) is 5.26 Å². The smallest absolute Gasteiger partial charge is 0.339 e. The zero-order valence-corrected chi connectivity index (χ0v) is 19.0. The monoisotopic (exact) mass is 423 g/mol. The Hall–Kier alpha value is -2.25. The molecule has 160 valence electrons. The van der Waals surface area contributed by atoms with Crippen molar-refractivity contribution >= 4 is 17.7 Å². The van der Waals surface area contributed by atoms with Crippen LogP contribution in [-0.2, 0) is 4.74 Å². The van der Waals surface area contributed by atoms with Gasteiger partial charge in [0.25, 0.3) is 0 Å². The number of carbonyl (C=O) groups excluding carboxylic acids is 1. The fourth-order valence-corrected chi connectivity index (χ4v) is 4.14. The molecule has 0 fully saturated rings. The van der Waals surface area contributed by atoms with E-state index in [1.807, 2.05) is 30.0 Å². The molecule has 2 rings (SSSR count). The third-order valence-electron chi connectivity index (χ3n) is 5.04. The minimum absolute atomic E-state index is 0.457. The number of thioether (sulfide) groups is 1. The Kier molecular flexibility index (Phi) is 11.1. The quantitative estimate of drug-likeness (QED) is 0.188. The van der Waals surface area contributed by atoms with Gasteiger partial charge in [-0.1, -0.05) is 76.1 Å².